The van der Waals surface area contributed by atoms with Gasteiger partial charge in [-0.05, 0) is 31.6 Å². The molecule has 0 saturated heterocycles. The van der Waals surface area contributed by atoms with Crippen LogP contribution in [0.15, 0.2) is 0 Å². The first-order valence-corrected chi connectivity index (χ1v) is 13.6. The van der Waals surface area contributed by atoms with Gasteiger partial charge in [0.25, 0.3) is 0 Å². The molecule has 0 aliphatic rings. The van der Waals surface area contributed by atoms with Crippen molar-refractivity contribution in [2.24, 2.45) is 11.8 Å². The van der Waals surface area contributed by atoms with E-state index in [-0.39, 0.29) is 11.9 Å². The summed E-state index contributed by atoms with van der Waals surface area (Å²) in [6, 6.07) is 0. The number of carbonyl (C=O) groups is 1. The third-order valence-electron chi connectivity index (χ3n) is 5.55. The quantitative estimate of drug-likeness (QED) is 0.110. The van der Waals surface area contributed by atoms with Gasteiger partial charge in [-0.2, -0.15) is 0 Å². The van der Waals surface area contributed by atoms with E-state index in [1.807, 2.05) is 0 Å². The lowest BCUT2D eigenvalue weighted by Crippen LogP contribution is -2.21. The van der Waals surface area contributed by atoms with Crippen molar-refractivity contribution in [3.8, 4) is 0 Å². The average molecular weight is 475 g/mol. The second-order valence-electron chi connectivity index (χ2n) is 9.20. The maximum Gasteiger partial charge on any atom is 0.309 e. The average Bonchev–Trinajstić information content (AvgIpc) is 2.80. The van der Waals surface area contributed by atoms with Crippen LogP contribution in [0.1, 0.15) is 98.3 Å². The third-order valence-corrected chi connectivity index (χ3v) is 5.55. The van der Waals surface area contributed by atoms with Crippen LogP contribution in [0.2, 0.25) is 0 Å². The van der Waals surface area contributed by atoms with Crippen LogP contribution < -0.4 is 0 Å². The van der Waals surface area contributed by atoms with Gasteiger partial charge in [0.15, 0.2) is 0 Å². The highest BCUT2D eigenvalue weighted by Crippen LogP contribution is 2.16. The molecular formula is C27H54O6. The summed E-state index contributed by atoms with van der Waals surface area (Å²) < 4.78 is 27.7. The molecule has 0 rings (SSSR count). The molecule has 1 unspecified atom stereocenters. The van der Waals surface area contributed by atoms with Crippen molar-refractivity contribution in [2.75, 3.05) is 59.5 Å². The topological polar surface area (TPSA) is 63.2 Å². The Balaban J connectivity index is 3.63. The van der Waals surface area contributed by atoms with Crippen molar-refractivity contribution in [2.45, 2.75) is 98.3 Å². The number of carbonyl (C=O) groups excluding carboxylic acids is 1. The van der Waals surface area contributed by atoms with Crippen molar-refractivity contribution in [1.29, 1.82) is 0 Å². The van der Waals surface area contributed by atoms with Gasteiger partial charge in [0.05, 0.1) is 52.2 Å². The first kappa shape index (κ1) is 32.3. The van der Waals surface area contributed by atoms with Crippen LogP contribution in [0.25, 0.3) is 0 Å². The smallest absolute Gasteiger partial charge is 0.309 e. The molecule has 0 fully saturated rings. The minimum atomic E-state index is -0.0536. The third kappa shape index (κ3) is 24.2. The molecule has 0 heterocycles. The first-order chi connectivity index (χ1) is 16.1. The Morgan fingerprint density at radius 1 is 0.545 bits per heavy atom. The molecule has 33 heavy (non-hydrogen) atoms. The number of rotatable bonds is 26. The van der Waals surface area contributed by atoms with Crippen LogP contribution in [-0.2, 0) is 28.5 Å². The van der Waals surface area contributed by atoms with Crippen LogP contribution in [0.5, 0.6) is 0 Å². The summed E-state index contributed by atoms with van der Waals surface area (Å²) in [5.41, 5.74) is 0. The Kier molecular flexibility index (Phi) is 25.4. The summed E-state index contributed by atoms with van der Waals surface area (Å²) in [7, 11) is 0. The molecule has 0 saturated carbocycles. The molecule has 0 aromatic heterocycles. The molecular weight excluding hydrogens is 420 g/mol. The zero-order chi connectivity index (χ0) is 24.4. The lowest BCUT2D eigenvalue weighted by Gasteiger charge is -2.16. The summed E-state index contributed by atoms with van der Waals surface area (Å²) >= 11 is 0. The highest BCUT2D eigenvalue weighted by atomic mass is 16.6. The highest BCUT2D eigenvalue weighted by molar-refractivity contribution is 5.72. The Bertz CT molecular complexity index is 402. The zero-order valence-electron chi connectivity index (χ0n) is 22.2. The molecule has 6 nitrogen and oxygen atoms in total. The van der Waals surface area contributed by atoms with E-state index in [0.29, 0.717) is 58.8 Å². The Morgan fingerprint density at radius 3 is 1.58 bits per heavy atom. The molecule has 0 N–H and O–H groups in total. The van der Waals surface area contributed by atoms with Gasteiger partial charge < -0.3 is 23.7 Å². The fraction of sp³-hybridized carbons (Fsp3) is 0.963. The fourth-order valence-electron chi connectivity index (χ4n) is 3.31. The van der Waals surface area contributed by atoms with Crippen LogP contribution in [0.3, 0.4) is 0 Å². The molecule has 1 atom stereocenters. The molecule has 0 spiro atoms. The van der Waals surface area contributed by atoms with E-state index >= 15 is 0 Å². The lowest BCUT2D eigenvalue weighted by atomic mass is 9.99. The Morgan fingerprint density at radius 2 is 1.03 bits per heavy atom. The molecule has 0 aromatic rings. The van der Waals surface area contributed by atoms with Crippen molar-refractivity contribution >= 4 is 5.97 Å². The van der Waals surface area contributed by atoms with Crippen LogP contribution in [0, 0.1) is 11.8 Å². The summed E-state index contributed by atoms with van der Waals surface area (Å²) in [6.07, 6.45) is 12.0. The van der Waals surface area contributed by atoms with Crippen molar-refractivity contribution in [3.05, 3.63) is 0 Å². The van der Waals surface area contributed by atoms with Crippen LogP contribution >= 0.6 is 0 Å². The van der Waals surface area contributed by atoms with Crippen LogP contribution in [-0.4, -0.2) is 65.4 Å². The normalized spacial score (nSPS) is 12.4. The molecule has 0 aromatic carbocycles. The molecule has 0 radical (unpaired) electrons. The summed E-state index contributed by atoms with van der Waals surface area (Å²) in [5, 5.41) is 0. The maximum atomic E-state index is 12.4. The number of unbranched alkanes of at least 4 members (excludes halogenated alkanes) is 6. The predicted octanol–water partition coefficient (Wildman–Crippen LogP) is 6.20. The fourth-order valence-corrected chi connectivity index (χ4v) is 3.31. The standard InChI is InChI=1S/C27H54O6/c1-5-7-9-10-11-12-16-33-27(28)26(13-8-6-2)15-18-30-20-22-32-24-23-31-21-19-29-17-14-25(3)4/h25-26H,5-24H2,1-4H3. The van der Waals surface area contributed by atoms with Gasteiger partial charge in [-0.1, -0.05) is 72.6 Å². The summed E-state index contributed by atoms with van der Waals surface area (Å²) in [4.78, 5) is 12.4. The molecule has 198 valence electrons. The molecule has 0 bridgehead atoms. The Labute approximate surface area is 204 Å². The van der Waals surface area contributed by atoms with Gasteiger partial charge in [0, 0.05) is 13.2 Å². The van der Waals surface area contributed by atoms with E-state index in [2.05, 4.69) is 27.7 Å². The van der Waals surface area contributed by atoms with Gasteiger partial charge in [-0.15, -0.1) is 0 Å². The van der Waals surface area contributed by atoms with E-state index in [9.17, 15) is 4.79 Å². The zero-order valence-corrected chi connectivity index (χ0v) is 22.2. The van der Waals surface area contributed by atoms with E-state index in [4.69, 9.17) is 23.7 Å². The van der Waals surface area contributed by atoms with Crippen LogP contribution in [0.4, 0.5) is 0 Å². The van der Waals surface area contributed by atoms with Crippen molar-refractivity contribution in [3.63, 3.8) is 0 Å². The second kappa shape index (κ2) is 25.9. The van der Waals surface area contributed by atoms with E-state index in [0.717, 1.165) is 51.6 Å². The van der Waals surface area contributed by atoms with E-state index < -0.39 is 0 Å². The molecule has 0 amide bonds. The Hall–Kier alpha value is -0.690. The monoisotopic (exact) mass is 474 g/mol. The minimum Gasteiger partial charge on any atom is -0.465 e. The summed E-state index contributed by atoms with van der Waals surface area (Å²) in [5.74, 6) is 0.566. The van der Waals surface area contributed by atoms with Gasteiger partial charge in [-0.3, -0.25) is 4.79 Å². The molecule has 0 aliphatic heterocycles. The van der Waals surface area contributed by atoms with E-state index in [1.54, 1.807) is 0 Å². The number of hydrogen-bond acceptors (Lipinski definition) is 6. The van der Waals surface area contributed by atoms with Crippen molar-refractivity contribution in [1.82, 2.24) is 0 Å². The van der Waals surface area contributed by atoms with Crippen molar-refractivity contribution < 1.29 is 28.5 Å². The maximum absolute atomic E-state index is 12.4. The minimum absolute atomic E-state index is 0.0535. The van der Waals surface area contributed by atoms with Gasteiger partial charge in [0.2, 0.25) is 0 Å². The molecule has 0 aliphatic carbocycles. The lowest BCUT2D eigenvalue weighted by molar-refractivity contribution is -0.149. The van der Waals surface area contributed by atoms with E-state index in [1.165, 1.54) is 25.7 Å². The second-order valence-corrected chi connectivity index (χ2v) is 9.20. The van der Waals surface area contributed by atoms with Gasteiger partial charge in [0.1, 0.15) is 0 Å². The number of esters is 1. The molecule has 6 heteroatoms. The first-order valence-electron chi connectivity index (χ1n) is 13.6. The highest BCUT2D eigenvalue weighted by Gasteiger charge is 2.19. The van der Waals surface area contributed by atoms with Gasteiger partial charge in [-0.25, -0.2) is 0 Å². The number of hydrogen-bond donors (Lipinski definition) is 0. The summed E-state index contributed by atoms with van der Waals surface area (Å²) in [6.45, 7) is 14.1. The van der Waals surface area contributed by atoms with Gasteiger partial charge >= 0.3 is 5.97 Å². The number of ether oxygens (including phenoxy) is 5. The predicted molar refractivity (Wildman–Crippen MR) is 135 cm³/mol. The SMILES string of the molecule is CCCCCCCCOC(=O)C(CCCC)CCOCCOCCOCCOCCC(C)C. The largest absolute Gasteiger partial charge is 0.465 e.